The molecule has 2 fully saturated rings. The molecule has 0 aromatic heterocycles. The molecule has 1 aromatic carbocycles. The Hall–Kier alpha value is -1.11. The van der Waals surface area contributed by atoms with Gasteiger partial charge >= 0.3 is 5.97 Å². The number of hydrogen-bond donors (Lipinski definition) is 1. The van der Waals surface area contributed by atoms with Gasteiger partial charge in [0.25, 0.3) is 0 Å². The normalized spacial score (nSPS) is 27.5. The first-order valence-electron chi connectivity index (χ1n) is 7.63. The summed E-state index contributed by atoms with van der Waals surface area (Å²) in [6, 6.07) is 4.02. The van der Waals surface area contributed by atoms with Crippen LogP contribution in [0.25, 0.3) is 0 Å². The van der Waals surface area contributed by atoms with Gasteiger partial charge in [-0.05, 0) is 13.1 Å². The Morgan fingerprint density at radius 1 is 1.35 bits per heavy atom. The number of esters is 1. The molecule has 5 nitrogen and oxygen atoms in total. The molecule has 2 aliphatic heterocycles. The van der Waals surface area contributed by atoms with Crippen LogP contribution >= 0.6 is 23.4 Å². The number of hydrogen-bond acceptors (Lipinski definition) is 6. The first-order chi connectivity index (χ1) is 11.0. The zero-order chi connectivity index (χ0) is 16.6. The average molecular weight is 357 g/mol. The lowest BCUT2D eigenvalue weighted by Gasteiger charge is -2.46. The summed E-state index contributed by atoms with van der Waals surface area (Å²) in [6.45, 7) is 0. The first kappa shape index (κ1) is 16.7. The Morgan fingerprint density at radius 2 is 2.00 bits per heavy atom. The number of ether oxygens (including phenoxy) is 2. The van der Waals surface area contributed by atoms with Crippen LogP contribution in [-0.2, 0) is 4.74 Å². The zero-order valence-electron chi connectivity index (χ0n) is 13.3. The molecule has 2 heterocycles. The number of piperidine rings is 1. The average Bonchev–Trinajstić information content (AvgIpc) is 2.50. The SMILES string of the molecule is COc1cc(N)c(Cl)cc1C(=O)O[C@H]1C[C@H]2CSC[C@@H](C1)N2C. The lowest BCUT2D eigenvalue weighted by molar-refractivity contribution is -0.0101. The summed E-state index contributed by atoms with van der Waals surface area (Å²) in [5.74, 6) is 2.18. The molecule has 2 saturated heterocycles. The molecular weight excluding hydrogens is 336 g/mol. The Kier molecular flexibility index (Phi) is 4.94. The highest BCUT2D eigenvalue weighted by molar-refractivity contribution is 7.99. The highest BCUT2D eigenvalue weighted by atomic mass is 35.5. The summed E-state index contributed by atoms with van der Waals surface area (Å²) in [5, 5.41) is 0.328. The smallest absolute Gasteiger partial charge is 0.342 e. The van der Waals surface area contributed by atoms with E-state index in [0.29, 0.717) is 34.1 Å². The van der Waals surface area contributed by atoms with Crippen molar-refractivity contribution in [3.05, 3.63) is 22.7 Å². The summed E-state index contributed by atoms with van der Waals surface area (Å²) >= 11 is 8.01. The number of carbonyl (C=O) groups is 1. The second-order valence-corrected chi connectivity index (χ2v) is 7.57. The van der Waals surface area contributed by atoms with E-state index in [1.807, 2.05) is 11.8 Å². The number of nitrogen functional groups attached to an aromatic ring is 1. The highest BCUT2D eigenvalue weighted by Crippen LogP contribution is 2.34. The number of nitrogens with two attached hydrogens (primary N) is 1. The molecule has 0 aliphatic carbocycles. The van der Waals surface area contributed by atoms with Gasteiger partial charge in [0.1, 0.15) is 17.4 Å². The fourth-order valence-electron chi connectivity index (χ4n) is 3.25. The van der Waals surface area contributed by atoms with Gasteiger partial charge in [-0.1, -0.05) is 11.6 Å². The molecule has 2 N–H and O–H groups in total. The maximum atomic E-state index is 12.5. The molecule has 0 radical (unpaired) electrons. The zero-order valence-corrected chi connectivity index (χ0v) is 14.8. The third-order valence-corrected chi connectivity index (χ3v) is 6.22. The van der Waals surface area contributed by atoms with Crippen LogP contribution in [-0.4, -0.2) is 54.7 Å². The Balaban J connectivity index is 1.74. The van der Waals surface area contributed by atoms with Gasteiger partial charge in [-0.3, -0.25) is 4.90 Å². The second kappa shape index (κ2) is 6.79. The van der Waals surface area contributed by atoms with Gasteiger partial charge in [0.2, 0.25) is 0 Å². The number of nitrogens with zero attached hydrogens (tertiary/aromatic N) is 1. The van der Waals surface area contributed by atoms with Crippen LogP contribution in [0.1, 0.15) is 23.2 Å². The van der Waals surface area contributed by atoms with E-state index in [2.05, 4.69) is 11.9 Å². The van der Waals surface area contributed by atoms with E-state index in [1.165, 1.54) is 13.2 Å². The van der Waals surface area contributed by atoms with E-state index in [1.54, 1.807) is 6.07 Å². The van der Waals surface area contributed by atoms with E-state index >= 15 is 0 Å². The van der Waals surface area contributed by atoms with Crippen LogP contribution in [0.5, 0.6) is 5.75 Å². The predicted octanol–water partition coefficient (Wildman–Crippen LogP) is 2.67. The van der Waals surface area contributed by atoms with Crippen molar-refractivity contribution in [3.63, 3.8) is 0 Å². The number of halogens is 1. The lowest BCUT2D eigenvalue weighted by Crippen LogP contribution is -2.54. The lowest BCUT2D eigenvalue weighted by atomic mass is 9.95. The van der Waals surface area contributed by atoms with E-state index < -0.39 is 5.97 Å². The Bertz CT molecular complexity index is 599. The van der Waals surface area contributed by atoms with Crippen molar-refractivity contribution in [2.24, 2.45) is 0 Å². The maximum Gasteiger partial charge on any atom is 0.342 e. The largest absolute Gasteiger partial charge is 0.496 e. The van der Waals surface area contributed by atoms with Crippen molar-refractivity contribution < 1.29 is 14.3 Å². The number of rotatable bonds is 3. The number of thioether (sulfide) groups is 1. The predicted molar refractivity (Wildman–Crippen MR) is 93.5 cm³/mol. The summed E-state index contributed by atoms with van der Waals surface area (Å²) < 4.78 is 11.0. The monoisotopic (exact) mass is 356 g/mol. The standard InChI is InChI=1S/C16H21ClN2O3S/c1-19-9-3-11(4-10(19)8-23-7-9)22-16(20)12-5-13(17)14(18)6-15(12)21-2/h5-6,9-11H,3-4,7-8,18H2,1-2H3/t9-,10+,11-. The minimum atomic E-state index is -0.399. The summed E-state index contributed by atoms with van der Waals surface area (Å²) in [5.41, 5.74) is 6.46. The molecule has 0 saturated carbocycles. The molecule has 3 atom stereocenters. The molecule has 126 valence electrons. The van der Waals surface area contributed by atoms with Gasteiger partial charge in [0.05, 0.1) is 17.8 Å². The van der Waals surface area contributed by atoms with Gasteiger partial charge in [-0.25, -0.2) is 4.79 Å². The van der Waals surface area contributed by atoms with Crippen LogP contribution in [0.3, 0.4) is 0 Å². The van der Waals surface area contributed by atoms with Crippen LogP contribution in [0.15, 0.2) is 12.1 Å². The minimum Gasteiger partial charge on any atom is -0.496 e. The van der Waals surface area contributed by atoms with Crippen LogP contribution in [0, 0.1) is 0 Å². The maximum absolute atomic E-state index is 12.5. The third kappa shape index (κ3) is 3.39. The fourth-order valence-corrected chi connectivity index (χ4v) is 4.84. The van der Waals surface area contributed by atoms with Gasteiger partial charge < -0.3 is 15.2 Å². The van der Waals surface area contributed by atoms with Gasteiger partial charge in [-0.2, -0.15) is 11.8 Å². The molecule has 0 spiro atoms. The molecule has 23 heavy (non-hydrogen) atoms. The number of methoxy groups -OCH3 is 1. The first-order valence-corrected chi connectivity index (χ1v) is 9.16. The number of benzene rings is 1. The highest BCUT2D eigenvalue weighted by Gasteiger charge is 2.38. The van der Waals surface area contributed by atoms with Crippen molar-refractivity contribution in [3.8, 4) is 5.75 Å². The van der Waals surface area contributed by atoms with E-state index in [9.17, 15) is 4.79 Å². The van der Waals surface area contributed by atoms with E-state index in [0.717, 1.165) is 24.3 Å². The van der Waals surface area contributed by atoms with Crippen molar-refractivity contribution in [1.29, 1.82) is 0 Å². The van der Waals surface area contributed by atoms with Crippen molar-refractivity contribution in [1.82, 2.24) is 4.90 Å². The molecule has 0 amide bonds. The van der Waals surface area contributed by atoms with Crippen LogP contribution < -0.4 is 10.5 Å². The molecule has 2 bridgehead atoms. The van der Waals surface area contributed by atoms with E-state index in [-0.39, 0.29) is 6.10 Å². The Labute approximate surface area is 145 Å². The third-order valence-electron chi connectivity index (χ3n) is 4.65. The fraction of sp³-hybridized carbons (Fsp3) is 0.562. The number of fused-ring (bicyclic) bond motifs is 2. The van der Waals surface area contributed by atoms with Gasteiger partial charge in [0, 0.05) is 42.5 Å². The van der Waals surface area contributed by atoms with Crippen molar-refractivity contribution in [2.45, 2.75) is 31.0 Å². The van der Waals surface area contributed by atoms with Crippen molar-refractivity contribution >= 4 is 35.0 Å². The van der Waals surface area contributed by atoms with Crippen molar-refractivity contribution in [2.75, 3.05) is 31.4 Å². The quantitative estimate of drug-likeness (QED) is 0.663. The summed E-state index contributed by atoms with van der Waals surface area (Å²) in [4.78, 5) is 15.0. The second-order valence-electron chi connectivity index (χ2n) is 6.08. The minimum absolute atomic E-state index is 0.0596. The molecule has 3 rings (SSSR count). The summed E-state index contributed by atoms with van der Waals surface area (Å²) in [6.07, 6.45) is 1.68. The topological polar surface area (TPSA) is 64.8 Å². The number of carbonyl (C=O) groups excluding carboxylic acids is 1. The van der Waals surface area contributed by atoms with Gasteiger partial charge in [-0.15, -0.1) is 0 Å². The van der Waals surface area contributed by atoms with Crippen LogP contribution in [0.2, 0.25) is 5.02 Å². The molecular formula is C16H21ClN2O3S. The number of anilines is 1. The molecule has 0 unspecified atom stereocenters. The Morgan fingerprint density at radius 3 is 2.61 bits per heavy atom. The van der Waals surface area contributed by atoms with Gasteiger partial charge in [0.15, 0.2) is 0 Å². The molecule has 7 heteroatoms. The molecule has 2 aliphatic rings. The van der Waals surface area contributed by atoms with Crippen LogP contribution in [0.4, 0.5) is 5.69 Å². The van der Waals surface area contributed by atoms with E-state index in [4.69, 9.17) is 26.8 Å². The summed E-state index contributed by atoms with van der Waals surface area (Å²) in [7, 11) is 3.66. The molecule has 1 aromatic rings.